The van der Waals surface area contributed by atoms with Crippen molar-refractivity contribution in [3.63, 3.8) is 0 Å². The first-order chi connectivity index (χ1) is 50.5. The van der Waals surface area contributed by atoms with Crippen LogP contribution in [0.25, 0.3) is 0 Å². The summed E-state index contributed by atoms with van der Waals surface area (Å²) in [5, 5.41) is 37.0. The van der Waals surface area contributed by atoms with E-state index in [1.807, 2.05) is 54.6 Å². The average molecular weight is 1850 g/mol. The fourth-order valence-corrected chi connectivity index (χ4v) is 13.9. The molecule has 0 saturated carbocycles. The van der Waals surface area contributed by atoms with Crippen LogP contribution in [-0.4, -0.2) is 169 Å². The van der Waals surface area contributed by atoms with Crippen molar-refractivity contribution < 1.29 is 93.1 Å². The van der Waals surface area contributed by atoms with Gasteiger partial charge in [0.1, 0.15) is 47.3 Å². The minimum Gasteiger partial charge on any atom is -0.503 e. The number of hydrogen-bond acceptors (Lipinski definition) is 30. The molecule has 4 N–H and O–H groups in total. The Kier molecular flexibility index (Phi) is 77.1. The minimum atomic E-state index is -1.82. The van der Waals surface area contributed by atoms with Crippen LogP contribution >= 0.6 is 158 Å². The van der Waals surface area contributed by atoms with Crippen LogP contribution in [0.1, 0.15) is 73.9 Å². The summed E-state index contributed by atoms with van der Waals surface area (Å²) < 4.78 is 130. The van der Waals surface area contributed by atoms with Gasteiger partial charge >= 0.3 is 24.3 Å². The third kappa shape index (κ3) is 51.2. The molecule has 0 fully saturated rings. The molecule has 0 spiro atoms. The normalized spacial score (nSPS) is 9.68. The van der Waals surface area contributed by atoms with Crippen molar-refractivity contribution in [2.45, 2.75) is 90.7 Å². The predicted octanol–water partition coefficient (Wildman–Crippen LogP) is 21.7. The van der Waals surface area contributed by atoms with Gasteiger partial charge in [0.05, 0.1) is 28.6 Å². The second-order valence-electron chi connectivity index (χ2n) is 18.4. The van der Waals surface area contributed by atoms with E-state index >= 15 is 0 Å². The maximum Gasteiger partial charge on any atom is 0.513 e. The van der Waals surface area contributed by atoms with Crippen molar-refractivity contribution >= 4 is 188 Å². The number of nitrogens with two attached hydrogens (primary N) is 1. The Morgan fingerprint density at radius 3 is 1.21 bits per heavy atom. The number of esters is 1. The van der Waals surface area contributed by atoms with Gasteiger partial charge in [0.25, 0.3) is 5.69 Å². The lowest BCUT2D eigenvalue weighted by atomic mass is 10.1. The molecule has 3 aromatic carbocycles. The van der Waals surface area contributed by atoms with Gasteiger partial charge in [-0.3, -0.25) is 14.9 Å². The Labute approximate surface area is 703 Å². The molecular weight excluding hydrogens is 1760 g/mol. The van der Waals surface area contributed by atoms with Crippen LogP contribution in [0.2, 0.25) is 0 Å². The molecule has 0 radical (unpaired) electrons. The van der Waals surface area contributed by atoms with Gasteiger partial charge < -0.3 is 39.6 Å². The Hall–Kier alpha value is -5.41. The molecule has 0 bridgehead atoms. The highest BCUT2D eigenvalue weighted by molar-refractivity contribution is 8.77. The number of pyridine rings is 3. The van der Waals surface area contributed by atoms with Gasteiger partial charge in [-0.25, -0.2) is 46.9 Å². The highest BCUT2D eigenvalue weighted by atomic mass is 35.5. The number of ether oxygens (including phenoxy) is 5. The van der Waals surface area contributed by atoms with Crippen LogP contribution in [0.5, 0.6) is 17.2 Å². The fourth-order valence-electron chi connectivity index (χ4n) is 6.31. The standard InChI is InChI=1S/C14H15ClF4N2O4S2.C14H12N2O5S2.C11H14ClNO2S2.C10H12ClN3O3S2.C9H8F4OS.C2H6ClN.5CH4.ClH/c15-3-4-21(20-24)14(23)25-5-7-27-26-6-1-2-8-9(16)11(18)13(22)12(19)10(8)17;17-14(21-12-6-4-11(5-7-12)16(18)19)20-9-10-22-23-13-3-1-2-8-15-13;12-6-3-5-11(14)15-8-9-16-17-10-4-1-2-7-13-10;11-4-6-14(13-16)10(15)17-7-8-18-19-9-3-1-2-5-12-9;10-5-4(2-1-3-15)6(11)8(13)9(14)7(5)12;3-1-2-4;;;;;;/h22H,1-7H2;1-8H,9-10H2;1-2,4,7H,3,5-6,8-9H2;1-3,5H,4,6-8H2;14-15H,1-3H2;1-2,4H2;5*1H4;1H. The second kappa shape index (κ2) is 73.5. The molecule has 0 unspecified atom stereocenters. The Morgan fingerprint density at radius 1 is 0.514 bits per heavy atom. The van der Waals surface area contributed by atoms with E-state index in [-0.39, 0.29) is 137 Å². The summed E-state index contributed by atoms with van der Waals surface area (Å²) >= 11 is 25.1. The summed E-state index contributed by atoms with van der Waals surface area (Å²) in [5.74, 6) is -12.5. The fraction of sp³-hybridized carbons (Fsp3) is 0.431. The van der Waals surface area contributed by atoms with Crippen LogP contribution in [0, 0.1) is 66.5 Å². The molecule has 2 amide bonds. The number of carbonyl (C=O) groups excluding carboxylic acids is 4. The maximum absolute atomic E-state index is 13.6. The quantitative estimate of drug-likeness (QED) is 0.00227. The number of aromatic nitrogens is 3. The molecule has 628 valence electrons. The number of amides is 2. The summed E-state index contributed by atoms with van der Waals surface area (Å²) in [7, 11) is 11.8. The first-order valence-electron chi connectivity index (χ1n) is 29.8. The monoisotopic (exact) mass is 1850 g/mol. The van der Waals surface area contributed by atoms with Gasteiger partial charge in [0, 0.05) is 107 Å². The number of phenolic OH excluding ortho intramolecular Hbond substituents is 2. The van der Waals surface area contributed by atoms with Crippen molar-refractivity contribution in [1.82, 2.24) is 25.0 Å². The topological polar surface area (TPSA) is 328 Å². The minimum absolute atomic E-state index is 0. The number of thiol groups is 1. The van der Waals surface area contributed by atoms with E-state index in [4.69, 9.17) is 86.0 Å². The SMILES string of the molecule is C.C.C.C.C.Cl.NCCCl.O=C(CCCCl)OCCSSc1ccccn1.O=C(OCCSSc1ccccn1)Oc1ccc([N+](=O)[O-])cc1.O=NN(CCCl)C(=O)OCCSSCCCc1c(F)c(F)c(O)c(F)c1F.O=NN(CCCl)C(=O)OCCSSc1ccccn1.Oc1c(F)c(F)c(CCCS)c(F)c1F. The van der Waals surface area contributed by atoms with Crippen LogP contribution in [0.3, 0.4) is 0 Å². The number of rotatable bonds is 38. The highest BCUT2D eigenvalue weighted by Gasteiger charge is 2.26. The van der Waals surface area contributed by atoms with Gasteiger partial charge in [-0.2, -0.15) is 40.2 Å². The molecule has 6 aromatic rings. The van der Waals surface area contributed by atoms with Gasteiger partial charge in [-0.15, -0.1) is 68.6 Å². The number of nitro benzene ring substituents is 1. The number of alkyl halides is 4. The van der Waals surface area contributed by atoms with E-state index in [1.165, 1.54) is 89.0 Å². The van der Waals surface area contributed by atoms with E-state index in [9.17, 15) is 74.2 Å². The molecule has 46 heteroatoms. The summed E-state index contributed by atoms with van der Waals surface area (Å²) in [4.78, 5) is 88.4. The van der Waals surface area contributed by atoms with Crippen molar-refractivity contribution in [1.29, 1.82) is 0 Å². The zero-order valence-corrected chi connectivity index (χ0v) is 66.3. The van der Waals surface area contributed by atoms with E-state index in [2.05, 4.69) is 38.2 Å². The lowest BCUT2D eigenvalue weighted by Gasteiger charge is -2.11. The van der Waals surface area contributed by atoms with E-state index in [1.54, 1.807) is 40.2 Å². The van der Waals surface area contributed by atoms with Crippen LogP contribution < -0.4 is 10.5 Å². The van der Waals surface area contributed by atoms with Crippen LogP contribution in [-0.2, 0) is 36.6 Å². The molecule has 24 nitrogen and oxygen atoms in total. The first kappa shape index (κ1) is 116. The third-order valence-corrected chi connectivity index (χ3v) is 21.3. The molecule has 3 heterocycles. The number of non-ortho nitro benzene ring substituents is 1. The molecule has 6 rings (SSSR count). The lowest BCUT2D eigenvalue weighted by molar-refractivity contribution is -0.384. The molecule has 111 heavy (non-hydrogen) atoms. The number of hydrogen-bond donors (Lipinski definition) is 4. The van der Waals surface area contributed by atoms with Gasteiger partial charge in [-0.1, -0.05) is 109 Å². The summed E-state index contributed by atoms with van der Waals surface area (Å²) in [6.07, 6.45) is 3.78. The molecule has 0 aliphatic heterocycles. The maximum atomic E-state index is 13.6. The molecule has 0 atom stereocenters. The van der Waals surface area contributed by atoms with Crippen LogP contribution in [0.4, 0.5) is 55.2 Å². The smallest absolute Gasteiger partial charge is 0.503 e. The first-order valence-corrected chi connectivity index (χ1v) is 42.0. The number of phenols is 2. The van der Waals surface area contributed by atoms with Crippen molar-refractivity contribution in [2.24, 2.45) is 16.3 Å². The second-order valence-corrected chi connectivity index (χ2v) is 30.4. The number of benzene rings is 3. The lowest BCUT2D eigenvalue weighted by Crippen LogP contribution is -2.28. The van der Waals surface area contributed by atoms with Crippen LogP contribution in [0.15, 0.2) is 123 Å². The largest absolute Gasteiger partial charge is 0.513 e. The number of nitroso groups, excluding NO2 is 2. The average Bonchev–Trinajstić information content (AvgIpc) is 0.808. The number of aromatic hydroxyl groups is 2. The van der Waals surface area contributed by atoms with Crippen molar-refractivity contribution in [2.75, 3.05) is 104 Å². The zero-order valence-electron chi connectivity index (χ0n) is 55.0. The number of nitro groups is 1. The van der Waals surface area contributed by atoms with Crippen molar-refractivity contribution in [3.05, 3.63) is 175 Å². The summed E-state index contributed by atoms with van der Waals surface area (Å²) in [6.45, 7) is 1.38. The number of halogens is 13. The Morgan fingerprint density at radius 2 is 0.874 bits per heavy atom. The zero-order chi connectivity index (χ0) is 78.2. The molecule has 0 aliphatic carbocycles. The van der Waals surface area contributed by atoms with E-state index in [0.717, 1.165) is 20.8 Å². The predicted molar refractivity (Wildman–Crippen MR) is 445 cm³/mol. The summed E-state index contributed by atoms with van der Waals surface area (Å²) in [5.41, 5.74) is 3.36. The van der Waals surface area contributed by atoms with Gasteiger partial charge in [0.15, 0.2) is 34.8 Å². The van der Waals surface area contributed by atoms with Crippen molar-refractivity contribution in [3.8, 4) is 17.2 Å². The Bertz CT molecular complexity index is 3450. The van der Waals surface area contributed by atoms with E-state index < -0.39 is 92.4 Å². The number of nitrogens with zero attached hydrogens (tertiary/aromatic N) is 8. The van der Waals surface area contributed by atoms with Gasteiger partial charge in [-0.05, 0) is 119 Å². The molecule has 0 saturated heterocycles. The van der Waals surface area contributed by atoms with Gasteiger partial charge in [0.2, 0.25) is 23.3 Å². The highest BCUT2D eigenvalue weighted by Crippen LogP contribution is 2.34. The molecular formula is C65H88Cl5F8N9O15S9. The molecule has 0 aliphatic rings. The number of carbonyl (C=O) groups is 4. The Balaban J connectivity index is -0.000000306. The van der Waals surface area contributed by atoms with E-state index in [0.29, 0.717) is 76.5 Å². The molecule has 3 aromatic heterocycles. The summed E-state index contributed by atoms with van der Waals surface area (Å²) in [6, 6.07) is 22.2. The third-order valence-electron chi connectivity index (χ3n) is 11.0.